The van der Waals surface area contributed by atoms with Crippen LogP contribution in [0.5, 0.6) is 0 Å². The molecular weight excluding hydrogens is 621 g/mol. The highest BCUT2D eigenvalue weighted by molar-refractivity contribution is 7.91. The van der Waals surface area contributed by atoms with Crippen molar-refractivity contribution in [2.45, 2.75) is 131 Å². The maximum absolute atomic E-state index is 12.0. The Balaban J connectivity index is 1.16. The van der Waals surface area contributed by atoms with Gasteiger partial charge in [-0.3, -0.25) is 4.79 Å². The van der Waals surface area contributed by atoms with Crippen LogP contribution in [0, 0.1) is 57.2 Å². The highest BCUT2D eigenvalue weighted by atomic mass is 32.2. The van der Waals surface area contributed by atoms with E-state index < -0.39 is 21.2 Å². The second kappa shape index (κ2) is 12.9. The lowest BCUT2D eigenvalue weighted by Gasteiger charge is -2.69. The van der Waals surface area contributed by atoms with Gasteiger partial charge in [-0.2, -0.15) is 0 Å². The van der Waals surface area contributed by atoms with E-state index in [1.54, 1.807) is 13.8 Å². The molecule has 6 fully saturated rings. The van der Waals surface area contributed by atoms with Crippen molar-refractivity contribution in [1.82, 2.24) is 10.2 Å². The molecule has 1 saturated heterocycles. The monoisotopic (exact) mass is 688 g/mol. The van der Waals surface area contributed by atoms with Gasteiger partial charge in [0.2, 0.25) is 0 Å². The smallest absolute Gasteiger partial charge is 0.309 e. The lowest BCUT2D eigenvalue weighted by molar-refractivity contribution is -0.220. The normalized spacial score (nSPS) is 43.8. The average molecular weight is 689 g/mol. The van der Waals surface area contributed by atoms with Crippen molar-refractivity contribution in [1.29, 1.82) is 0 Å². The number of carboxylic acid groups (broad SMARTS) is 1. The third kappa shape index (κ3) is 6.27. The second-order valence-electron chi connectivity index (χ2n) is 19.3. The molecule has 274 valence electrons. The van der Waals surface area contributed by atoms with Gasteiger partial charge in [0, 0.05) is 38.3 Å². The van der Waals surface area contributed by atoms with E-state index in [0.717, 1.165) is 37.3 Å². The van der Waals surface area contributed by atoms with E-state index in [-0.39, 0.29) is 17.1 Å². The summed E-state index contributed by atoms with van der Waals surface area (Å²) in [5.41, 5.74) is 1.53. The van der Waals surface area contributed by atoms with Crippen molar-refractivity contribution in [3.63, 3.8) is 0 Å². The molecule has 48 heavy (non-hydrogen) atoms. The van der Waals surface area contributed by atoms with E-state index >= 15 is 0 Å². The van der Waals surface area contributed by atoms with Crippen LogP contribution in [0.2, 0.25) is 0 Å². The number of nitrogens with one attached hydrogen (secondary N) is 1. The standard InChI is InChI=1S/C40H68N2O5S/c1-27(2)28-11-17-40(41-20-21-42-22-25-48(45,46)26-23-42)18-12-30-29(34(28)40)9-10-32-38(30,7)15-13-31-37(5,6)33(14-16-39(31,32)8)47-24-19-36(3,4)35(43)44/h28-34,41H,1,9-26H2,2-8H3,(H,43,44). The van der Waals surface area contributed by atoms with Crippen LogP contribution < -0.4 is 5.32 Å². The number of sulfone groups is 1. The Labute approximate surface area is 292 Å². The van der Waals surface area contributed by atoms with Crippen LogP contribution in [0.3, 0.4) is 0 Å². The van der Waals surface area contributed by atoms with E-state index in [4.69, 9.17) is 4.74 Å². The summed E-state index contributed by atoms with van der Waals surface area (Å²) in [5, 5.41) is 13.8. The fourth-order valence-corrected chi connectivity index (χ4v) is 14.7. The van der Waals surface area contributed by atoms with Crippen LogP contribution in [-0.2, 0) is 19.4 Å². The van der Waals surface area contributed by atoms with E-state index in [0.29, 0.717) is 66.2 Å². The van der Waals surface area contributed by atoms with Gasteiger partial charge >= 0.3 is 5.97 Å². The van der Waals surface area contributed by atoms with Crippen molar-refractivity contribution in [3.05, 3.63) is 12.2 Å². The Morgan fingerprint density at radius 2 is 1.60 bits per heavy atom. The molecule has 0 spiro atoms. The first-order valence-electron chi connectivity index (χ1n) is 19.5. The summed E-state index contributed by atoms with van der Waals surface area (Å²) in [6, 6.07) is 0. The maximum atomic E-state index is 12.0. The summed E-state index contributed by atoms with van der Waals surface area (Å²) in [5.74, 6) is 3.95. The first-order chi connectivity index (χ1) is 22.4. The number of carboxylic acids is 1. The molecule has 2 N–H and O–H groups in total. The molecular formula is C40H68N2O5S. The average Bonchev–Trinajstić information content (AvgIpc) is 3.39. The Bertz CT molecular complexity index is 1330. The highest BCUT2D eigenvalue weighted by Gasteiger charge is 2.67. The van der Waals surface area contributed by atoms with Gasteiger partial charge < -0.3 is 20.1 Å². The first-order valence-corrected chi connectivity index (χ1v) is 21.4. The minimum absolute atomic E-state index is 0.0687. The zero-order chi connectivity index (χ0) is 34.9. The lowest BCUT2D eigenvalue weighted by atomic mass is 9.36. The lowest BCUT2D eigenvalue weighted by Crippen LogP contribution is -2.65. The summed E-state index contributed by atoms with van der Waals surface area (Å²) < 4.78 is 30.6. The Hall–Kier alpha value is -0.960. The molecule has 5 saturated carbocycles. The van der Waals surface area contributed by atoms with Gasteiger partial charge in [-0.1, -0.05) is 39.8 Å². The molecule has 8 heteroatoms. The summed E-state index contributed by atoms with van der Waals surface area (Å²) >= 11 is 0. The zero-order valence-electron chi connectivity index (χ0n) is 31.4. The summed E-state index contributed by atoms with van der Waals surface area (Å²) in [7, 11) is -2.85. The predicted octanol–water partition coefficient (Wildman–Crippen LogP) is 7.21. The zero-order valence-corrected chi connectivity index (χ0v) is 32.2. The fourth-order valence-electron chi connectivity index (χ4n) is 13.4. The van der Waals surface area contributed by atoms with Crippen molar-refractivity contribution < 1.29 is 23.1 Å². The number of fused-ring (bicyclic) bond motifs is 7. The minimum atomic E-state index is -2.85. The summed E-state index contributed by atoms with van der Waals surface area (Å²) in [4.78, 5) is 14.0. The van der Waals surface area contributed by atoms with Crippen LogP contribution >= 0.6 is 0 Å². The van der Waals surface area contributed by atoms with Gasteiger partial charge in [0.25, 0.3) is 0 Å². The van der Waals surface area contributed by atoms with Gasteiger partial charge in [0.15, 0.2) is 9.84 Å². The fraction of sp³-hybridized carbons (Fsp3) is 0.925. The van der Waals surface area contributed by atoms with Crippen LogP contribution in [-0.4, -0.2) is 80.3 Å². The molecule has 1 heterocycles. The van der Waals surface area contributed by atoms with Crippen LogP contribution in [0.15, 0.2) is 12.2 Å². The maximum Gasteiger partial charge on any atom is 0.309 e. The molecule has 10 atom stereocenters. The molecule has 0 aromatic heterocycles. The molecule has 10 unspecified atom stereocenters. The Kier molecular flexibility index (Phi) is 9.91. The molecule has 5 aliphatic carbocycles. The van der Waals surface area contributed by atoms with Crippen LogP contribution in [0.25, 0.3) is 0 Å². The number of rotatable bonds is 10. The number of aliphatic carboxylic acids is 1. The summed E-state index contributed by atoms with van der Waals surface area (Å²) in [6.07, 6.45) is 13.3. The number of hydrogen-bond donors (Lipinski definition) is 2. The molecule has 0 aromatic rings. The largest absolute Gasteiger partial charge is 0.481 e. The minimum Gasteiger partial charge on any atom is -0.481 e. The van der Waals surface area contributed by atoms with E-state index in [9.17, 15) is 18.3 Å². The van der Waals surface area contributed by atoms with Gasteiger partial charge in [-0.15, -0.1) is 0 Å². The van der Waals surface area contributed by atoms with E-state index in [2.05, 4.69) is 51.4 Å². The van der Waals surface area contributed by atoms with Gasteiger partial charge in [0.1, 0.15) is 0 Å². The number of allylic oxidation sites excluding steroid dienone is 1. The van der Waals surface area contributed by atoms with Crippen molar-refractivity contribution in [2.24, 2.45) is 57.2 Å². The van der Waals surface area contributed by atoms with Gasteiger partial charge in [-0.05, 0) is 143 Å². The summed E-state index contributed by atoms with van der Waals surface area (Å²) in [6.45, 7) is 24.5. The quantitative estimate of drug-likeness (QED) is 0.234. The molecule has 1 aliphatic heterocycles. The molecule has 0 amide bonds. The first kappa shape index (κ1) is 36.8. The van der Waals surface area contributed by atoms with E-state index in [1.165, 1.54) is 63.4 Å². The Morgan fingerprint density at radius 1 is 0.938 bits per heavy atom. The van der Waals surface area contributed by atoms with Gasteiger partial charge in [-0.25, -0.2) is 8.42 Å². The topological polar surface area (TPSA) is 95.9 Å². The SMILES string of the molecule is C=C(C)C1CCC2(NCCN3CCS(=O)(=O)CC3)CCC3C(CCC4C3(C)CCC3C(C)(C)C(OCCC(C)(C)C(=O)O)CCC34C)C12. The molecule has 7 nitrogen and oxygen atoms in total. The third-order valence-corrected chi connectivity index (χ3v) is 17.7. The number of ether oxygens (including phenoxy) is 1. The molecule has 0 bridgehead atoms. The number of carbonyl (C=O) groups is 1. The molecule has 6 aliphatic rings. The third-order valence-electron chi connectivity index (χ3n) is 16.1. The van der Waals surface area contributed by atoms with Crippen molar-refractivity contribution in [2.75, 3.05) is 44.3 Å². The van der Waals surface area contributed by atoms with Gasteiger partial charge in [0.05, 0.1) is 23.0 Å². The number of hydrogen-bond acceptors (Lipinski definition) is 6. The van der Waals surface area contributed by atoms with Crippen LogP contribution in [0.1, 0.15) is 119 Å². The van der Waals surface area contributed by atoms with Crippen LogP contribution in [0.4, 0.5) is 0 Å². The number of nitrogens with zero attached hydrogens (tertiary/aromatic N) is 1. The molecule has 0 radical (unpaired) electrons. The van der Waals surface area contributed by atoms with E-state index in [1.807, 2.05) is 0 Å². The molecule has 0 aromatic carbocycles. The molecule has 6 rings (SSSR count). The van der Waals surface area contributed by atoms with Crippen molar-refractivity contribution >= 4 is 15.8 Å². The van der Waals surface area contributed by atoms with Crippen molar-refractivity contribution in [3.8, 4) is 0 Å². The second-order valence-corrected chi connectivity index (χ2v) is 21.6. The Morgan fingerprint density at radius 3 is 2.27 bits per heavy atom. The predicted molar refractivity (Wildman–Crippen MR) is 194 cm³/mol. The highest BCUT2D eigenvalue weighted by Crippen LogP contribution is 2.72.